The maximum Gasteiger partial charge on any atom is 0.0455 e. The highest BCUT2D eigenvalue weighted by atomic mass is 32.1. The average molecular weight is 285 g/mol. The van der Waals surface area contributed by atoms with E-state index >= 15 is 0 Å². The molecule has 0 fully saturated rings. The van der Waals surface area contributed by atoms with Crippen LogP contribution in [0.2, 0.25) is 0 Å². The summed E-state index contributed by atoms with van der Waals surface area (Å²) in [6.07, 6.45) is 0. The molecule has 1 radical (unpaired) electrons. The maximum absolute atomic E-state index is 3.23. The molecule has 4 rings (SSSR count). The van der Waals surface area contributed by atoms with Crippen molar-refractivity contribution in [1.29, 1.82) is 0 Å². The normalized spacial score (nSPS) is 10.9. The van der Waals surface area contributed by atoms with Crippen LogP contribution >= 0.6 is 11.3 Å². The Balaban J connectivity index is 1.79. The summed E-state index contributed by atoms with van der Waals surface area (Å²) in [5.41, 5.74) is 5.05. The lowest BCUT2D eigenvalue weighted by atomic mass is 9.98. The molecular weight excluding hydrogens is 272 g/mol. The second kappa shape index (κ2) is 5.19. The molecule has 0 nitrogen and oxygen atoms in total. The van der Waals surface area contributed by atoms with E-state index in [9.17, 15) is 0 Å². The van der Waals surface area contributed by atoms with Crippen LogP contribution in [0.1, 0.15) is 0 Å². The summed E-state index contributed by atoms with van der Waals surface area (Å²) in [7, 11) is 0. The standard InChI is InChI=1S/C20H13S/c1-2-5-15(6-3-1)16-9-11-17(12-10-16)18-7-4-8-20-19(18)13-14-21-20/h1-13H. The van der Waals surface area contributed by atoms with Gasteiger partial charge in [0, 0.05) is 15.5 Å². The van der Waals surface area contributed by atoms with Gasteiger partial charge in [-0.05, 0) is 34.4 Å². The summed E-state index contributed by atoms with van der Waals surface area (Å²) in [4.78, 5) is 0. The Kier molecular flexibility index (Phi) is 3.06. The molecule has 1 heterocycles. The van der Waals surface area contributed by atoms with Gasteiger partial charge in [-0.1, -0.05) is 66.7 Å². The Hall–Kier alpha value is -2.38. The van der Waals surface area contributed by atoms with Crippen molar-refractivity contribution in [1.82, 2.24) is 0 Å². The topological polar surface area (TPSA) is 0 Å². The fourth-order valence-electron chi connectivity index (χ4n) is 2.66. The van der Waals surface area contributed by atoms with Gasteiger partial charge in [-0.2, -0.15) is 0 Å². The van der Waals surface area contributed by atoms with Crippen molar-refractivity contribution in [3.8, 4) is 22.3 Å². The van der Waals surface area contributed by atoms with E-state index in [1.54, 1.807) is 11.3 Å². The summed E-state index contributed by atoms with van der Waals surface area (Å²) >= 11 is 1.67. The highest BCUT2D eigenvalue weighted by Gasteiger charge is 2.05. The first-order valence-electron chi connectivity index (χ1n) is 6.96. The molecule has 0 amide bonds. The smallest absolute Gasteiger partial charge is 0.0455 e. The fourth-order valence-corrected chi connectivity index (χ4v) is 3.39. The van der Waals surface area contributed by atoms with Gasteiger partial charge in [0.2, 0.25) is 0 Å². The molecule has 0 aliphatic rings. The zero-order valence-electron chi connectivity index (χ0n) is 11.4. The summed E-state index contributed by atoms with van der Waals surface area (Å²) in [6, 6.07) is 27.8. The first-order valence-corrected chi connectivity index (χ1v) is 7.78. The Labute approximate surface area is 128 Å². The lowest BCUT2D eigenvalue weighted by molar-refractivity contribution is 1.61. The van der Waals surface area contributed by atoms with E-state index in [-0.39, 0.29) is 0 Å². The summed E-state index contributed by atoms with van der Waals surface area (Å²) in [6.45, 7) is 0. The Bertz CT molecular complexity index is 871. The number of thiophene rings is 1. The molecule has 4 aromatic rings. The van der Waals surface area contributed by atoms with Crippen LogP contribution < -0.4 is 0 Å². The van der Waals surface area contributed by atoms with Crippen molar-refractivity contribution in [2.24, 2.45) is 0 Å². The fraction of sp³-hybridized carbons (Fsp3) is 0. The molecule has 1 heteroatoms. The zero-order valence-corrected chi connectivity index (χ0v) is 12.2. The minimum atomic E-state index is 1.25. The SMILES string of the molecule is [c]1cc2c(-c3ccc(-c4ccccc4)cc3)cccc2s1. The van der Waals surface area contributed by atoms with Crippen molar-refractivity contribution < 1.29 is 0 Å². The summed E-state index contributed by atoms with van der Waals surface area (Å²) in [5, 5.41) is 4.51. The highest BCUT2D eigenvalue weighted by Crippen LogP contribution is 2.32. The van der Waals surface area contributed by atoms with Crippen molar-refractivity contribution >= 4 is 21.4 Å². The molecule has 3 aromatic carbocycles. The first kappa shape index (κ1) is 12.4. The van der Waals surface area contributed by atoms with Crippen molar-refractivity contribution in [2.45, 2.75) is 0 Å². The van der Waals surface area contributed by atoms with Crippen LogP contribution in [0.15, 0.2) is 78.9 Å². The van der Waals surface area contributed by atoms with Crippen LogP contribution in [-0.2, 0) is 0 Å². The molecule has 0 aliphatic carbocycles. The monoisotopic (exact) mass is 285 g/mol. The molecule has 0 bridgehead atoms. The molecule has 21 heavy (non-hydrogen) atoms. The number of hydrogen-bond donors (Lipinski definition) is 0. The van der Waals surface area contributed by atoms with Crippen molar-refractivity contribution in [3.05, 3.63) is 84.2 Å². The van der Waals surface area contributed by atoms with Gasteiger partial charge in [0.15, 0.2) is 0 Å². The molecule has 0 saturated heterocycles. The highest BCUT2D eigenvalue weighted by molar-refractivity contribution is 7.16. The van der Waals surface area contributed by atoms with Gasteiger partial charge in [0.1, 0.15) is 0 Å². The van der Waals surface area contributed by atoms with Crippen molar-refractivity contribution in [3.63, 3.8) is 0 Å². The summed E-state index contributed by atoms with van der Waals surface area (Å²) in [5.74, 6) is 0. The summed E-state index contributed by atoms with van der Waals surface area (Å²) < 4.78 is 1.29. The number of rotatable bonds is 2. The molecule has 1 aromatic heterocycles. The third-order valence-electron chi connectivity index (χ3n) is 3.74. The second-order valence-electron chi connectivity index (χ2n) is 5.03. The van der Waals surface area contributed by atoms with Crippen LogP contribution in [0.25, 0.3) is 32.3 Å². The molecule has 0 aliphatic heterocycles. The van der Waals surface area contributed by atoms with E-state index in [0.717, 1.165) is 0 Å². The van der Waals surface area contributed by atoms with E-state index in [1.807, 2.05) is 6.07 Å². The van der Waals surface area contributed by atoms with Crippen LogP contribution in [0.4, 0.5) is 0 Å². The van der Waals surface area contributed by atoms with E-state index < -0.39 is 0 Å². The van der Waals surface area contributed by atoms with Crippen LogP contribution in [0.5, 0.6) is 0 Å². The van der Waals surface area contributed by atoms with Crippen LogP contribution in [-0.4, -0.2) is 0 Å². The lowest BCUT2D eigenvalue weighted by Crippen LogP contribution is -1.80. The molecule has 0 saturated carbocycles. The van der Waals surface area contributed by atoms with Crippen molar-refractivity contribution in [2.75, 3.05) is 0 Å². The first-order chi connectivity index (χ1) is 10.4. The average Bonchev–Trinajstić information content (AvgIpc) is 3.04. The van der Waals surface area contributed by atoms with Gasteiger partial charge in [-0.3, -0.25) is 0 Å². The Morgan fingerprint density at radius 2 is 1.33 bits per heavy atom. The quantitative estimate of drug-likeness (QED) is 0.421. The van der Waals surface area contributed by atoms with Crippen LogP contribution in [0, 0.1) is 5.38 Å². The second-order valence-corrected chi connectivity index (χ2v) is 5.90. The number of benzene rings is 3. The molecule has 0 unspecified atom stereocenters. The van der Waals surface area contributed by atoms with Gasteiger partial charge in [-0.15, -0.1) is 11.3 Å². The maximum atomic E-state index is 3.23. The Morgan fingerprint density at radius 3 is 2.14 bits per heavy atom. The van der Waals surface area contributed by atoms with Gasteiger partial charge in [0.05, 0.1) is 0 Å². The number of fused-ring (bicyclic) bond motifs is 1. The molecule has 0 atom stereocenters. The third-order valence-corrected chi connectivity index (χ3v) is 4.55. The lowest BCUT2D eigenvalue weighted by Gasteiger charge is -2.06. The molecular formula is C20H13S. The third kappa shape index (κ3) is 2.26. The molecule has 0 spiro atoms. The van der Waals surface area contributed by atoms with E-state index in [2.05, 4.69) is 78.2 Å². The van der Waals surface area contributed by atoms with Gasteiger partial charge in [0.25, 0.3) is 0 Å². The van der Waals surface area contributed by atoms with Gasteiger partial charge < -0.3 is 0 Å². The predicted molar refractivity (Wildman–Crippen MR) is 91.5 cm³/mol. The van der Waals surface area contributed by atoms with E-state index in [0.29, 0.717) is 0 Å². The Morgan fingerprint density at radius 1 is 0.619 bits per heavy atom. The zero-order chi connectivity index (χ0) is 14.1. The van der Waals surface area contributed by atoms with E-state index in [4.69, 9.17) is 0 Å². The molecule has 0 N–H and O–H groups in total. The minimum absolute atomic E-state index is 1.25. The molecule has 99 valence electrons. The minimum Gasteiger partial charge on any atom is -0.134 e. The predicted octanol–water partition coefficient (Wildman–Crippen LogP) is 6.04. The van der Waals surface area contributed by atoms with Crippen LogP contribution in [0.3, 0.4) is 0 Å². The van der Waals surface area contributed by atoms with E-state index in [1.165, 1.54) is 32.3 Å². The number of hydrogen-bond acceptors (Lipinski definition) is 1. The van der Waals surface area contributed by atoms with Gasteiger partial charge >= 0.3 is 0 Å². The largest absolute Gasteiger partial charge is 0.134 e. The van der Waals surface area contributed by atoms with Gasteiger partial charge in [-0.25, -0.2) is 0 Å².